The Morgan fingerprint density at radius 3 is 2.31 bits per heavy atom. The summed E-state index contributed by atoms with van der Waals surface area (Å²) in [5.41, 5.74) is 8.01. The van der Waals surface area contributed by atoms with E-state index in [4.69, 9.17) is 18.9 Å². The number of nitrogens with zero attached hydrogens (tertiary/aromatic N) is 2. The summed E-state index contributed by atoms with van der Waals surface area (Å²) in [6, 6.07) is 31.5. The highest BCUT2D eigenvalue weighted by molar-refractivity contribution is 6.07. The van der Waals surface area contributed by atoms with E-state index in [1.54, 1.807) is 7.11 Å². The van der Waals surface area contributed by atoms with E-state index in [2.05, 4.69) is 70.7 Å². The third kappa shape index (κ3) is 9.82. The minimum atomic E-state index is -0.0812. The van der Waals surface area contributed by atoms with E-state index in [0.717, 1.165) is 96.5 Å². The molecule has 1 amide bonds. The van der Waals surface area contributed by atoms with Gasteiger partial charge in [0.15, 0.2) is 0 Å². The fraction of sp³-hybridized carbons (Fsp3) is 0.386. The first-order valence-corrected chi connectivity index (χ1v) is 18.7. The van der Waals surface area contributed by atoms with Gasteiger partial charge in [0.25, 0.3) is 5.91 Å². The van der Waals surface area contributed by atoms with Crippen molar-refractivity contribution < 1.29 is 23.7 Å². The van der Waals surface area contributed by atoms with Gasteiger partial charge in [0, 0.05) is 80.2 Å². The minimum Gasteiger partial charge on any atom is -0.496 e. The molecule has 4 aromatic carbocycles. The summed E-state index contributed by atoms with van der Waals surface area (Å²) in [6.45, 7) is 8.48. The van der Waals surface area contributed by atoms with Crippen LogP contribution in [0.2, 0.25) is 0 Å². The minimum absolute atomic E-state index is 0.0812. The van der Waals surface area contributed by atoms with Crippen molar-refractivity contribution in [2.24, 2.45) is 0 Å². The summed E-state index contributed by atoms with van der Waals surface area (Å²) in [5, 5.41) is 3.17. The molecule has 0 bridgehead atoms. The maximum absolute atomic E-state index is 13.8. The van der Waals surface area contributed by atoms with Gasteiger partial charge in [0.05, 0.1) is 13.7 Å². The van der Waals surface area contributed by atoms with Crippen molar-refractivity contribution in [3.8, 4) is 22.6 Å². The van der Waals surface area contributed by atoms with Crippen LogP contribution in [-0.4, -0.2) is 70.6 Å². The van der Waals surface area contributed by atoms with Gasteiger partial charge in [0.2, 0.25) is 0 Å². The number of benzene rings is 4. The molecular formula is C44H53N3O5. The zero-order valence-corrected chi connectivity index (χ0v) is 30.9. The smallest absolute Gasteiger partial charge is 0.251 e. The van der Waals surface area contributed by atoms with Crippen LogP contribution in [0.15, 0.2) is 96.6 Å². The highest BCUT2D eigenvalue weighted by Crippen LogP contribution is 2.37. The summed E-state index contributed by atoms with van der Waals surface area (Å²) < 4.78 is 22.1. The fourth-order valence-electron chi connectivity index (χ4n) is 7.09. The molecule has 4 aromatic rings. The lowest BCUT2D eigenvalue weighted by atomic mass is 9.99. The average Bonchev–Trinajstić information content (AvgIpc) is 3.73. The summed E-state index contributed by atoms with van der Waals surface area (Å²) in [6.07, 6.45) is 7.35. The van der Waals surface area contributed by atoms with Crippen molar-refractivity contribution >= 4 is 23.4 Å². The van der Waals surface area contributed by atoms with Gasteiger partial charge < -0.3 is 29.2 Å². The molecule has 3 aliphatic heterocycles. The molecule has 0 radical (unpaired) electrons. The lowest BCUT2D eigenvalue weighted by molar-refractivity contribution is -0.112. The van der Waals surface area contributed by atoms with Crippen LogP contribution in [0, 0.1) is 0 Å². The maximum Gasteiger partial charge on any atom is 0.251 e. The summed E-state index contributed by atoms with van der Waals surface area (Å²) in [7, 11) is 3.89. The number of carbonyl (C=O) groups is 1. The number of fused-ring (bicyclic) bond motifs is 1. The molecule has 2 saturated heterocycles. The first-order chi connectivity index (χ1) is 25.5. The quantitative estimate of drug-likeness (QED) is 0.168. The molecule has 0 saturated carbocycles. The molecule has 0 aliphatic carbocycles. The number of ether oxygens (including phenoxy) is 4. The lowest BCUT2D eigenvalue weighted by Crippen LogP contribution is -2.36. The van der Waals surface area contributed by atoms with Crippen molar-refractivity contribution in [2.45, 2.75) is 58.2 Å². The normalized spacial score (nSPS) is 15.9. The molecule has 7 rings (SSSR count). The Kier molecular flexibility index (Phi) is 13.4. The first kappa shape index (κ1) is 37.1. The second-order valence-electron chi connectivity index (χ2n) is 13.6. The molecule has 1 N–H and O–H groups in total. The van der Waals surface area contributed by atoms with E-state index < -0.39 is 0 Å². The molecule has 0 unspecified atom stereocenters. The molecule has 8 heteroatoms. The van der Waals surface area contributed by atoms with Gasteiger partial charge in [-0.2, -0.15) is 0 Å². The van der Waals surface area contributed by atoms with Gasteiger partial charge in [-0.15, -0.1) is 0 Å². The van der Waals surface area contributed by atoms with E-state index in [-0.39, 0.29) is 5.91 Å². The first-order valence-electron chi connectivity index (χ1n) is 18.7. The largest absolute Gasteiger partial charge is 0.496 e. The molecular weight excluding hydrogens is 650 g/mol. The third-order valence-electron chi connectivity index (χ3n) is 9.98. The summed E-state index contributed by atoms with van der Waals surface area (Å²) in [5.74, 6) is 1.62. The van der Waals surface area contributed by atoms with Crippen LogP contribution in [0.4, 0.5) is 11.4 Å². The van der Waals surface area contributed by atoms with Gasteiger partial charge in [0.1, 0.15) is 11.5 Å². The van der Waals surface area contributed by atoms with Crippen molar-refractivity contribution in [1.82, 2.24) is 4.90 Å². The monoisotopic (exact) mass is 703 g/mol. The van der Waals surface area contributed by atoms with Crippen LogP contribution in [0.5, 0.6) is 11.5 Å². The molecule has 0 atom stereocenters. The number of hydrogen-bond acceptors (Lipinski definition) is 7. The number of nitrogens with one attached hydrogen (secondary N) is 1. The van der Waals surface area contributed by atoms with E-state index in [1.165, 1.54) is 18.4 Å². The number of amides is 1. The zero-order valence-electron chi connectivity index (χ0n) is 30.9. The molecule has 52 heavy (non-hydrogen) atoms. The lowest BCUT2D eigenvalue weighted by Gasteiger charge is -2.31. The van der Waals surface area contributed by atoms with Crippen LogP contribution in [0.3, 0.4) is 0 Å². The van der Waals surface area contributed by atoms with Gasteiger partial charge in [-0.3, -0.25) is 9.69 Å². The Morgan fingerprint density at radius 1 is 0.885 bits per heavy atom. The SMILES string of the molecule is C1CCOC1.CCOc1ccccc1-c1ccc2c(c1)C=C(C(=O)Nc1ccc(CN(C)C3CCOCC3)cc1)CCN2Cc1ccccc1OC. The Hall–Kier alpha value is -4.63. The predicted molar refractivity (Wildman–Crippen MR) is 210 cm³/mol. The Morgan fingerprint density at radius 2 is 1.60 bits per heavy atom. The highest BCUT2D eigenvalue weighted by atomic mass is 16.5. The Labute approximate surface area is 309 Å². The number of para-hydroxylation sites is 2. The van der Waals surface area contributed by atoms with Gasteiger partial charge in [-0.1, -0.05) is 54.6 Å². The van der Waals surface area contributed by atoms with Gasteiger partial charge in [-0.25, -0.2) is 0 Å². The fourth-order valence-corrected chi connectivity index (χ4v) is 7.09. The van der Waals surface area contributed by atoms with Crippen LogP contribution >= 0.6 is 0 Å². The van der Waals surface area contributed by atoms with Crippen molar-refractivity contribution in [1.29, 1.82) is 0 Å². The molecule has 8 nitrogen and oxygen atoms in total. The van der Waals surface area contributed by atoms with E-state index in [1.807, 2.05) is 55.5 Å². The molecule has 2 fully saturated rings. The van der Waals surface area contributed by atoms with Crippen LogP contribution < -0.4 is 19.7 Å². The summed E-state index contributed by atoms with van der Waals surface area (Å²) >= 11 is 0. The number of rotatable bonds is 11. The topological polar surface area (TPSA) is 72.5 Å². The molecule has 274 valence electrons. The van der Waals surface area contributed by atoms with Gasteiger partial charge in [-0.05, 0) is 105 Å². The Bertz CT molecular complexity index is 1770. The Balaban J connectivity index is 0.000000856. The number of anilines is 2. The predicted octanol–water partition coefficient (Wildman–Crippen LogP) is 8.60. The van der Waals surface area contributed by atoms with E-state index in [0.29, 0.717) is 32.2 Å². The molecule has 3 heterocycles. The van der Waals surface area contributed by atoms with Crippen LogP contribution in [-0.2, 0) is 27.4 Å². The van der Waals surface area contributed by atoms with E-state index in [9.17, 15) is 4.79 Å². The maximum atomic E-state index is 13.8. The second kappa shape index (κ2) is 18.7. The molecule has 3 aliphatic rings. The van der Waals surface area contributed by atoms with Crippen molar-refractivity contribution in [2.75, 3.05) is 64.0 Å². The zero-order chi connectivity index (χ0) is 36.1. The standard InChI is InChI=1S/C40H45N3O4.C4H8O/c1-4-47-39-12-8-6-10-36(39)30-15-18-37-33(25-30)26-31(19-22-43(37)28-32-9-5-7-11-38(32)45-3)40(44)41-34-16-13-29(14-17-34)27-42(2)35-20-23-46-24-21-35;1-2-4-5-3-1/h5-18,25-26,35H,4,19-24,27-28H2,1-3H3,(H,41,44);1-4H2. The summed E-state index contributed by atoms with van der Waals surface area (Å²) in [4.78, 5) is 18.5. The molecule has 0 aromatic heterocycles. The average molecular weight is 704 g/mol. The third-order valence-corrected chi connectivity index (χ3v) is 9.98. The van der Waals surface area contributed by atoms with E-state index >= 15 is 0 Å². The van der Waals surface area contributed by atoms with Crippen molar-refractivity contribution in [3.05, 3.63) is 113 Å². The van der Waals surface area contributed by atoms with Crippen molar-refractivity contribution in [3.63, 3.8) is 0 Å². The highest BCUT2D eigenvalue weighted by Gasteiger charge is 2.23. The second-order valence-corrected chi connectivity index (χ2v) is 13.6. The molecule has 0 spiro atoms. The number of hydrogen-bond donors (Lipinski definition) is 1. The number of methoxy groups -OCH3 is 1. The van der Waals surface area contributed by atoms with Crippen LogP contribution in [0.1, 0.15) is 55.7 Å². The number of carbonyl (C=O) groups excluding carboxylic acids is 1. The van der Waals surface area contributed by atoms with Crippen LogP contribution in [0.25, 0.3) is 17.2 Å². The van der Waals surface area contributed by atoms with Gasteiger partial charge >= 0.3 is 0 Å².